The van der Waals surface area contributed by atoms with Crippen molar-refractivity contribution in [2.75, 3.05) is 27.2 Å². The Hall–Kier alpha value is -2.62. The van der Waals surface area contributed by atoms with E-state index in [0.717, 1.165) is 4.90 Å². The van der Waals surface area contributed by atoms with E-state index in [2.05, 4.69) is 0 Å². The van der Waals surface area contributed by atoms with Crippen LogP contribution in [0.1, 0.15) is 41.5 Å². The SMILES string of the molecule is C[C@@H]1CN(C(=O)[C@@](C)(O)C(F)(F)F)[C@@H](C)CN1C(=O)c1ccc(C(=O)N(C)C)cc1. The Bertz CT molecular complexity index is 822. The summed E-state index contributed by atoms with van der Waals surface area (Å²) in [6.07, 6.45) is -5.11. The molecule has 0 radical (unpaired) electrons. The number of carbonyl (C=O) groups is 3. The van der Waals surface area contributed by atoms with E-state index in [1.165, 1.54) is 41.0 Å². The van der Waals surface area contributed by atoms with Gasteiger partial charge in [-0.25, -0.2) is 0 Å². The van der Waals surface area contributed by atoms with Crippen LogP contribution in [-0.2, 0) is 4.79 Å². The van der Waals surface area contributed by atoms with Crippen molar-refractivity contribution in [2.24, 2.45) is 0 Å². The zero-order valence-electron chi connectivity index (χ0n) is 17.5. The van der Waals surface area contributed by atoms with Crippen LogP contribution in [0, 0.1) is 0 Å². The molecule has 0 unspecified atom stereocenters. The maximum absolute atomic E-state index is 13.0. The quantitative estimate of drug-likeness (QED) is 0.794. The van der Waals surface area contributed by atoms with Crippen molar-refractivity contribution < 1.29 is 32.7 Å². The van der Waals surface area contributed by atoms with Crippen LogP contribution in [0.15, 0.2) is 24.3 Å². The number of amides is 3. The lowest BCUT2D eigenvalue weighted by Crippen LogP contribution is -2.65. The van der Waals surface area contributed by atoms with Gasteiger partial charge in [-0.1, -0.05) is 0 Å². The molecule has 0 aliphatic carbocycles. The Labute approximate surface area is 173 Å². The number of hydrogen-bond acceptors (Lipinski definition) is 4. The number of rotatable bonds is 3. The van der Waals surface area contributed by atoms with Gasteiger partial charge in [0.25, 0.3) is 17.7 Å². The standard InChI is InChI=1S/C20H26F3N3O4/c1-12-11-26(18(29)19(3,30)20(21,22)23)13(2)10-25(12)17(28)15-8-6-14(7-9-15)16(27)24(4)5/h6-9,12-13,30H,10-11H2,1-5H3/t12-,13+,19-/m1/s1. The molecule has 2 rings (SSSR count). The second-order valence-electron chi connectivity index (χ2n) is 7.96. The molecule has 1 saturated heterocycles. The van der Waals surface area contributed by atoms with Crippen LogP contribution < -0.4 is 0 Å². The predicted octanol–water partition coefficient (Wildman–Crippen LogP) is 1.76. The van der Waals surface area contributed by atoms with E-state index in [0.29, 0.717) is 18.1 Å². The van der Waals surface area contributed by atoms with Gasteiger partial charge in [-0.3, -0.25) is 14.4 Å². The third-order valence-electron chi connectivity index (χ3n) is 5.26. The summed E-state index contributed by atoms with van der Waals surface area (Å²) in [5.41, 5.74) is -2.75. The molecule has 0 saturated carbocycles. The Kier molecular flexibility index (Phi) is 6.51. The summed E-state index contributed by atoms with van der Waals surface area (Å²) >= 11 is 0. The largest absolute Gasteiger partial charge is 0.426 e. The van der Waals surface area contributed by atoms with Crippen LogP contribution in [0.25, 0.3) is 0 Å². The predicted molar refractivity (Wildman–Crippen MR) is 103 cm³/mol. The monoisotopic (exact) mass is 429 g/mol. The average molecular weight is 429 g/mol. The van der Waals surface area contributed by atoms with Gasteiger partial charge in [0.05, 0.1) is 0 Å². The average Bonchev–Trinajstić information content (AvgIpc) is 2.66. The Morgan fingerprint density at radius 2 is 1.40 bits per heavy atom. The van der Waals surface area contributed by atoms with Crippen LogP contribution in [0.5, 0.6) is 0 Å². The summed E-state index contributed by atoms with van der Waals surface area (Å²) in [6.45, 7) is 3.44. The minimum absolute atomic E-state index is 0.0120. The number of nitrogens with zero attached hydrogens (tertiary/aromatic N) is 3. The Balaban J connectivity index is 2.16. The highest BCUT2D eigenvalue weighted by molar-refractivity contribution is 5.98. The fraction of sp³-hybridized carbons (Fsp3) is 0.550. The van der Waals surface area contributed by atoms with Gasteiger partial charge >= 0.3 is 6.18 Å². The minimum Gasteiger partial charge on any atom is -0.373 e. The van der Waals surface area contributed by atoms with E-state index in [9.17, 15) is 32.7 Å². The molecule has 1 aliphatic heterocycles. The van der Waals surface area contributed by atoms with Gasteiger partial charge < -0.3 is 19.8 Å². The smallest absolute Gasteiger partial charge is 0.373 e. The molecule has 1 aromatic rings. The molecule has 166 valence electrons. The fourth-order valence-corrected chi connectivity index (χ4v) is 3.27. The normalized spacial score (nSPS) is 21.8. The molecule has 0 bridgehead atoms. The molecular weight excluding hydrogens is 403 g/mol. The fourth-order valence-electron chi connectivity index (χ4n) is 3.27. The second-order valence-corrected chi connectivity index (χ2v) is 7.96. The highest BCUT2D eigenvalue weighted by Gasteiger charge is 2.58. The van der Waals surface area contributed by atoms with Gasteiger partial charge in [0.1, 0.15) is 0 Å². The van der Waals surface area contributed by atoms with Gasteiger partial charge in [0, 0.05) is 50.4 Å². The summed E-state index contributed by atoms with van der Waals surface area (Å²) in [5, 5.41) is 9.71. The number of aliphatic hydroxyl groups is 1. The highest BCUT2D eigenvalue weighted by atomic mass is 19.4. The van der Waals surface area contributed by atoms with Crippen molar-refractivity contribution in [1.29, 1.82) is 0 Å². The maximum atomic E-state index is 13.0. The van der Waals surface area contributed by atoms with Crippen molar-refractivity contribution in [3.8, 4) is 0 Å². The van der Waals surface area contributed by atoms with Crippen molar-refractivity contribution >= 4 is 17.7 Å². The molecule has 0 aromatic heterocycles. The molecule has 1 aromatic carbocycles. The van der Waals surface area contributed by atoms with Crippen molar-refractivity contribution in [3.63, 3.8) is 0 Å². The number of halogens is 3. The first-order chi connectivity index (χ1) is 13.7. The summed E-state index contributed by atoms with van der Waals surface area (Å²) in [4.78, 5) is 41.0. The first-order valence-electron chi connectivity index (χ1n) is 9.41. The van der Waals surface area contributed by atoms with Gasteiger partial charge in [0.15, 0.2) is 0 Å². The van der Waals surface area contributed by atoms with Crippen LogP contribution >= 0.6 is 0 Å². The van der Waals surface area contributed by atoms with Gasteiger partial charge in [0.2, 0.25) is 5.60 Å². The summed E-state index contributed by atoms with van der Waals surface area (Å²) < 4.78 is 39.1. The van der Waals surface area contributed by atoms with Crippen molar-refractivity contribution in [2.45, 2.75) is 44.6 Å². The van der Waals surface area contributed by atoms with E-state index in [1.807, 2.05) is 0 Å². The van der Waals surface area contributed by atoms with Crippen molar-refractivity contribution in [1.82, 2.24) is 14.7 Å². The molecule has 3 amide bonds. The maximum Gasteiger partial charge on any atom is 0.426 e. The molecule has 0 spiro atoms. The molecule has 10 heteroatoms. The number of hydrogen-bond donors (Lipinski definition) is 1. The molecule has 1 aliphatic rings. The third kappa shape index (κ3) is 4.43. The molecule has 7 nitrogen and oxygen atoms in total. The van der Waals surface area contributed by atoms with Crippen LogP contribution in [-0.4, -0.2) is 88.6 Å². The molecule has 3 atom stereocenters. The van der Waals surface area contributed by atoms with E-state index in [1.54, 1.807) is 21.0 Å². The molecule has 1 N–H and O–H groups in total. The van der Waals surface area contributed by atoms with E-state index in [-0.39, 0.29) is 24.9 Å². The molecule has 1 fully saturated rings. The lowest BCUT2D eigenvalue weighted by molar-refractivity contribution is -0.251. The summed E-state index contributed by atoms with van der Waals surface area (Å²) in [5.74, 6) is -2.00. The van der Waals surface area contributed by atoms with Gasteiger partial charge in [-0.2, -0.15) is 13.2 Å². The number of alkyl halides is 3. The number of carbonyl (C=O) groups excluding carboxylic acids is 3. The first-order valence-corrected chi connectivity index (χ1v) is 9.41. The first kappa shape index (κ1) is 23.7. The van der Waals surface area contributed by atoms with Crippen LogP contribution in [0.3, 0.4) is 0 Å². The number of piperazine rings is 1. The zero-order chi connectivity index (χ0) is 23.0. The minimum atomic E-state index is -5.11. The third-order valence-corrected chi connectivity index (χ3v) is 5.26. The summed E-state index contributed by atoms with van der Waals surface area (Å²) in [6, 6.07) is 4.81. The van der Waals surface area contributed by atoms with E-state index < -0.39 is 29.8 Å². The van der Waals surface area contributed by atoms with Gasteiger partial charge in [-0.05, 0) is 45.0 Å². The summed E-state index contributed by atoms with van der Waals surface area (Å²) in [7, 11) is 3.22. The van der Waals surface area contributed by atoms with Crippen LogP contribution in [0.2, 0.25) is 0 Å². The highest BCUT2D eigenvalue weighted by Crippen LogP contribution is 2.33. The molecule has 1 heterocycles. The second kappa shape index (κ2) is 8.25. The Morgan fingerprint density at radius 1 is 0.967 bits per heavy atom. The topological polar surface area (TPSA) is 81.2 Å². The molecular formula is C20H26F3N3O4. The van der Waals surface area contributed by atoms with Gasteiger partial charge in [-0.15, -0.1) is 0 Å². The number of benzene rings is 1. The molecule has 30 heavy (non-hydrogen) atoms. The Morgan fingerprint density at radius 3 is 1.87 bits per heavy atom. The lowest BCUT2D eigenvalue weighted by atomic mass is 9.99. The van der Waals surface area contributed by atoms with Crippen LogP contribution in [0.4, 0.5) is 13.2 Å². The van der Waals surface area contributed by atoms with E-state index >= 15 is 0 Å². The lowest BCUT2D eigenvalue weighted by Gasteiger charge is -2.46. The zero-order valence-corrected chi connectivity index (χ0v) is 17.5. The van der Waals surface area contributed by atoms with E-state index in [4.69, 9.17) is 0 Å². The van der Waals surface area contributed by atoms with Crippen molar-refractivity contribution in [3.05, 3.63) is 35.4 Å².